The molecule has 0 aromatic carbocycles. The number of aliphatic hydroxyl groups is 1. The second-order valence-electron chi connectivity index (χ2n) is 12.9. The van der Waals surface area contributed by atoms with E-state index in [0.29, 0.717) is 19.3 Å². The average molecular weight is 821 g/mol. The highest BCUT2D eigenvalue weighted by Gasteiger charge is 2.30. The number of hydrogen-bond donors (Lipinski definition) is 3. The van der Waals surface area contributed by atoms with E-state index in [2.05, 4.69) is 13.8 Å². The Bertz CT molecular complexity index is 1120. The molecule has 0 spiro atoms. The highest BCUT2D eigenvalue weighted by atomic mass is 31.2. The Hall–Kier alpha value is -1.94. The summed E-state index contributed by atoms with van der Waals surface area (Å²) in [6.07, 6.45) is 9.47. The first kappa shape index (κ1) is 52.1. The van der Waals surface area contributed by atoms with Crippen LogP contribution in [0.15, 0.2) is 0 Å². The van der Waals surface area contributed by atoms with Crippen LogP contribution in [0.1, 0.15) is 143 Å². The molecule has 3 N–H and O–H groups in total. The number of unbranched alkanes of at least 4 members (excludes halogenated alkanes) is 11. The Morgan fingerprint density at radius 2 is 0.833 bits per heavy atom. The fourth-order valence-electron chi connectivity index (χ4n) is 4.58. The van der Waals surface area contributed by atoms with Crippen LogP contribution in [-0.2, 0) is 65.4 Å². The van der Waals surface area contributed by atoms with Crippen molar-refractivity contribution in [2.45, 2.75) is 162 Å². The molecule has 17 nitrogen and oxygen atoms in total. The van der Waals surface area contributed by atoms with Gasteiger partial charge in [0, 0.05) is 25.7 Å². The van der Waals surface area contributed by atoms with Gasteiger partial charge in [-0.05, 0) is 19.3 Å². The van der Waals surface area contributed by atoms with Gasteiger partial charge in [-0.1, -0.05) is 98.3 Å². The Balaban J connectivity index is 4.96. The van der Waals surface area contributed by atoms with Crippen molar-refractivity contribution in [1.29, 1.82) is 0 Å². The van der Waals surface area contributed by atoms with Crippen molar-refractivity contribution in [1.82, 2.24) is 0 Å². The predicted octanol–water partition coefficient (Wildman–Crippen LogP) is 6.63. The molecule has 0 aliphatic carbocycles. The lowest BCUT2D eigenvalue weighted by molar-refractivity contribution is -0.161. The largest absolute Gasteiger partial charge is 0.472 e. The van der Waals surface area contributed by atoms with Gasteiger partial charge in [0.1, 0.15) is 19.3 Å². The normalized spacial score (nSPS) is 15.3. The molecule has 0 heterocycles. The molecule has 2 unspecified atom stereocenters. The second kappa shape index (κ2) is 32.2. The Morgan fingerprint density at radius 1 is 0.463 bits per heavy atom. The smallest absolute Gasteiger partial charge is 0.462 e. The molecule has 0 fully saturated rings. The number of hydrogen-bond acceptors (Lipinski definition) is 15. The van der Waals surface area contributed by atoms with Gasteiger partial charge in [0.25, 0.3) is 0 Å². The van der Waals surface area contributed by atoms with Gasteiger partial charge < -0.3 is 33.8 Å². The third-order valence-corrected chi connectivity index (χ3v) is 9.53. The van der Waals surface area contributed by atoms with E-state index in [-0.39, 0.29) is 25.7 Å². The molecule has 0 saturated carbocycles. The number of rotatable bonds is 36. The first-order chi connectivity index (χ1) is 25.7. The van der Waals surface area contributed by atoms with Gasteiger partial charge in [0.15, 0.2) is 12.2 Å². The molecule has 0 aliphatic heterocycles. The maximum atomic E-state index is 12.6. The van der Waals surface area contributed by atoms with Crippen LogP contribution in [0.4, 0.5) is 0 Å². The third kappa shape index (κ3) is 31.3. The molecule has 0 amide bonds. The summed E-state index contributed by atoms with van der Waals surface area (Å²) in [6.45, 7) is 3.51. The molecule has 54 heavy (non-hydrogen) atoms. The van der Waals surface area contributed by atoms with Crippen molar-refractivity contribution in [2.24, 2.45) is 0 Å². The van der Waals surface area contributed by atoms with Crippen molar-refractivity contribution < 1.29 is 80.2 Å². The summed E-state index contributed by atoms with van der Waals surface area (Å²) in [5.74, 6) is -2.34. The fraction of sp³-hybridized carbons (Fsp3) is 0.886. The van der Waals surface area contributed by atoms with Crippen LogP contribution < -0.4 is 0 Å². The van der Waals surface area contributed by atoms with E-state index in [4.69, 9.17) is 37.0 Å². The van der Waals surface area contributed by atoms with E-state index in [1.54, 1.807) is 6.92 Å². The van der Waals surface area contributed by atoms with Crippen LogP contribution in [0.2, 0.25) is 0 Å². The molecule has 0 rings (SSSR count). The molecular formula is C35H66O17P2. The van der Waals surface area contributed by atoms with Crippen molar-refractivity contribution in [2.75, 3.05) is 39.6 Å². The maximum Gasteiger partial charge on any atom is 0.472 e. The summed E-state index contributed by atoms with van der Waals surface area (Å²) in [7, 11) is -9.75. The van der Waals surface area contributed by atoms with Gasteiger partial charge in [-0.2, -0.15) is 0 Å². The Morgan fingerprint density at radius 3 is 1.26 bits per heavy atom. The van der Waals surface area contributed by atoms with E-state index < -0.39 is 97.5 Å². The molecule has 0 aromatic rings. The van der Waals surface area contributed by atoms with Gasteiger partial charge in [-0.3, -0.25) is 37.3 Å². The van der Waals surface area contributed by atoms with Crippen molar-refractivity contribution in [3.63, 3.8) is 0 Å². The zero-order valence-corrected chi connectivity index (χ0v) is 34.4. The first-order valence-electron chi connectivity index (χ1n) is 19.3. The second-order valence-corrected chi connectivity index (χ2v) is 15.8. The van der Waals surface area contributed by atoms with Crippen molar-refractivity contribution in [3.05, 3.63) is 0 Å². The number of phosphoric ester groups is 2. The molecule has 0 aromatic heterocycles. The third-order valence-electron chi connectivity index (χ3n) is 7.63. The van der Waals surface area contributed by atoms with Crippen LogP contribution in [0.25, 0.3) is 0 Å². The number of carbonyl (C=O) groups excluding carboxylic acids is 4. The molecule has 5 atom stereocenters. The summed E-state index contributed by atoms with van der Waals surface area (Å²) < 4.78 is 64.9. The first-order valence-corrected chi connectivity index (χ1v) is 22.3. The summed E-state index contributed by atoms with van der Waals surface area (Å²) in [5, 5.41) is 10.2. The summed E-state index contributed by atoms with van der Waals surface area (Å²) in [6, 6.07) is 0. The molecular weight excluding hydrogens is 754 g/mol. The Kier molecular flexibility index (Phi) is 31.0. The minimum absolute atomic E-state index is 0.0187. The minimum Gasteiger partial charge on any atom is -0.462 e. The zero-order chi connectivity index (χ0) is 40.7. The summed E-state index contributed by atoms with van der Waals surface area (Å²) in [4.78, 5) is 68.4. The molecule has 0 radical (unpaired) electrons. The van der Waals surface area contributed by atoms with E-state index in [1.807, 2.05) is 0 Å². The Labute approximate surface area is 320 Å². The highest BCUT2D eigenvalue weighted by molar-refractivity contribution is 7.47. The SMILES string of the molecule is CCCCCCCCCC(=O)OC[C@H](COP(=O)(O)OC[C@H](O)COP(=O)(O)OC[C@@H](COC(=O)CCC)OC(=O)CC)OC(=O)CCCCCCCC. The van der Waals surface area contributed by atoms with Crippen molar-refractivity contribution in [3.8, 4) is 0 Å². The lowest BCUT2D eigenvalue weighted by atomic mass is 10.1. The van der Waals surface area contributed by atoms with Crippen LogP contribution >= 0.6 is 15.6 Å². The number of carbonyl (C=O) groups is 4. The average Bonchev–Trinajstić information content (AvgIpc) is 3.13. The van der Waals surface area contributed by atoms with Gasteiger partial charge in [0.2, 0.25) is 0 Å². The molecule has 0 saturated heterocycles. The number of esters is 4. The molecule has 0 aliphatic rings. The maximum absolute atomic E-state index is 12.6. The van der Waals surface area contributed by atoms with E-state index in [1.165, 1.54) is 13.3 Å². The number of aliphatic hydroxyl groups excluding tert-OH is 1. The van der Waals surface area contributed by atoms with E-state index in [0.717, 1.165) is 64.2 Å². The fourth-order valence-corrected chi connectivity index (χ4v) is 6.16. The van der Waals surface area contributed by atoms with E-state index >= 15 is 0 Å². The van der Waals surface area contributed by atoms with Gasteiger partial charge in [-0.15, -0.1) is 0 Å². The zero-order valence-electron chi connectivity index (χ0n) is 32.7. The van der Waals surface area contributed by atoms with Gasteiger partial charge >= 0.3 is 39.5 Å². The molecule has 0 bridgehead atoms. The quantitative estimate of drug-likeness (QED) is 0.0260. The summed E-state index contributed by atoms with van der Waals surface area (Å²) in [5.41, 5.74) is 0. The van der Waals surface area contributed by atoms with E-state index in [9.17, 15) is 43.2 Å². The van der Waals surface area contributed by atoms with Gasteiger partial charge in [-0.25, -0.2) is 9.13 Å². The lowest BCUT2D eigenvalue weighted by Crippen LogP contribution is -2.30. The van der Waals surface area contributed by atoms with Crippen LogP contribution in [0.3, 0.4) is 0 Å². The van der Waals surface area contributed by atoms with Crippen LogP contribution in [-0.4, -0.2) is 96.7 Å². The van der Waals surface area contributed by atoms with Crippen LogP contribution in [0.5, 0.6) is 0 Å². The topological polar surface area (TPSA) is 237 Å². The number of phosphoric acid groups is 2. The van der Waals surface area contributed by atoms with Crippen LogP contribution in [0, 0.1) is 0 Å². The summed E-state index contributed by atoms with van der Waals surface area (Å²) >= 11 is 0. The van der Waals surface area contributed by atoms with Gasteiger partial charge in [0.05, 0.1) is 26.4 Å². The minimum atomic E-state index is -4.89. The number of ether oxygens (including phenoxy) is 4. The van der Waals surface area contributed by atoms with Crippen molar-refractivity contribution >= 4 is 39.5 Å². The highest BCUT2D eigenvalue weighted by Crippen LogP contribution is 2.45. The predicted molar refractivity (Wildman–Crippen MR) is 197 cm³/mol. The molecule has 318 valence electrons. The molecule has 19 heteroatoms. The lowest BCUT2D eigenvalue weighted by Gasteiger charge is -2.21. The monoisotopic (exact) mass is 820 g/mol. The standard InChI is InChI=1S/C35H66O17P2/c1-5-9-11-13-15-17-18-21-34(39)46-26-31(52-35(40)22-19-16-14-12-10-6-2)28-50-54(43,44)48-24-29(36)23-47-53(41,42)49-27-30(51-32(37)8-4)25-45-33(38)20-7-3/h29-31,36H,5-28H2,1-4H3,(H,41,42)(H,43,44)/t29-,30-,31-/m1/s1.